The first-order chi connectivity index (χ1) is 9.81. The van der Waals surface area contributed by atoms with Crippen molar-refractivity contribution < 1.29 is 5.11 Å². The van der Waals surface area contributed by atoms with Gasteiger partial charge in [0.2, 0.25) is 0 Å². The van der Waals surface area contributed by atoms with Crippen LogP contribution in [-0.2, 0) is 0 Å². The molecule has 20 heavy (non-hydrogen) atoms. The molecule has 2 atom stereocenters. The Morgan fingerprint density at radius 1 is 1.15 bits per heavy atom. The number of hydrogen-bond acceptors (Lipinski definition) is 4. The number of hydrogen-bond donors (Lipinski definition) is 2. The summed E-state index contributed by atoms with van der Waals surface area (Å²) < 4.78 is 0. The lowest BCUT2D eigenvalue weighted by atomic mass is 9.88. The Bertz CT molecular complexity index is 309. The molecule has 1 saturated heterocycles. The van der Waals surface area contributed by atoms with Crippen LogP contribution < -0.4 is 5.32 Å². The van der Waals surface area contributed by atoms with Crippen LogP contribution in [0.1, 0.15) is 44.9 Å². The lowest BCUT2D eigenvalue weighted by Crippen LogP contribution is -2.50. The van der Waals surface area contributed by atoms with Gasteiger partial charge in [-0.05, 0) is 44.1 Å². The second-order valence-electron chi connectivity index (χ2n) is 6.58. The smallest absolute Gasteiger partial charge is 0.0866 e. The maximum atomic E-state index is 9.15. The van der Waals surface area contributed by atoms with Gasteiger partial charge >= 0.3 is 0 Å². The van der Waals surface area contributed by atoms with E-state index in [4.69, 9.17) is 10.4 Å². The van der Waals surface area contributed by atoms with Gasteiger partial charge in [0.05, 0.1) is 12.6 Å². The summed E-state index contributed by atoms with van der Waals surface area (Å²) >= 11 is 0. The molecular weight excluding hydrogens is 250 g/mol. The largest absolute Gasteiger partial charge is 0.396 e. The van der Waals surface area contributed by atoms with E-state index < -0.39 is 0 Å². The molecular formula is C16H29N3O. The fourth-order valence-corrected chi connectivity index (χ4v) is 3.80. The molecule has 0 aromatic rings. The highest BCUT2D eigenvalue weighted by Gasteiger charge is 2.27. The molecule has 0 spiro atoms. The monoisotopic (exact) mass is 279 g/mol. The third-order valence-electron chi connectivity index (χ3n) is 4.86. The zero-order valence-corrected chi connectivity index (χ0v) is 12.6. The van der Waals surface area contributed by atoms with Crippen LogP contribution >= 0.6 is 0 Å². The van der Waals surface area contributed by atoms with Crippen molar-refractivity contribution in [3.05, 3.63) is 0 Å². The van der Waals surface area contributed by atoms with Crippen LogP contribution in [0.4, 0.5) is 0 Å². The fourth-order valence-electron chi connectivity index (χ4n) is 3.80. The lowest BCUT2D eigenvalue weighted by molar-refractivity contribution is 0.129. The normalized spacial score (nSPS) is 29.2. The molecule has 0 amide bonds. The average molecular weight is 279 g/mol. The Morgan fingerprint density at radius 3 is 2.65 bits per heavy atom. The summed E-state index contributed by atoms with van der Waals surface area (Å²) in [6, 6.07) is 2.76. The first-order valence-electron chi connectivity index (χ1n) is 8.25. The Labute approximate surface area is 123 Å². The van der Waals surface area contributed by atoms with Gasteiger partial charge in [-0.25, -0.2) is 0 Å². The molecule has 1 aliphatic carbocycles. The highest BCUT2D eigenvalue weighted by molar-refractivity contribution is 4.88. The van der Waals surface area contributed by atoms with Gasteiger partial charge in [0.15, 0.2) is 0 Å². The van der Waals surface area contributed by atoms with Gasteiger partial charge in [0.25, 0.3) is 0 Å². The minimum Gasteiger partial charge on any atom is -0.396 e. The Hall–Kier alpha value is -0.630. The van der Waals surface area contributed by atoms with Gasteiger partial charge in [-0.2, -0.15) is 5.26 Å². The van der Waals surface area contributed by atoms with Crippen LogP contribution in [0.5, 0.6) is 0 Å². The highest BCUT2D eigenvalue weighted by Crippen LogP contribution is 2.24. The van der Waals surface area contributed by atoms with Gasteiger partial charge in [0, 0.05) is 25.7 Å². The molecule has 2 unspecified atom stereocenters. The first kappa shape index (κ1) is 15.8. The van der Waals surface area contributed by atoms with Crippen LogP contribution in [0.2, 0.25) is 0 Å². The molecule has 1 saturated carbocycles. The van der Waals surface area contributed by atoms with E-state index in [-0.39, 0.29) is 6.61 Å². The molecule has 0 aromatic carbocycles. The molecule has 2 rings (SSSR count). The van der Waals surface area contributed by atoms with Crippen molar-refractivity contribution in [2.45, 2.75) is 51.0 Å². The van der Waals surface area contributed by atoms with Gasteiger partial charge < -0.3 is 10.4 Å². The second kappa shape index (κ2) is 8.61. The Balaban J connectivity index is 1.77. The number of nitriles is 1. The number of rotatable bonds is 6. The summed E-state index contributed by atoms with van der Waals surface area (Å²) in [4.78, 5) is 2.24. The number of nitrogens with one attached hydrogen (secondary N) is 1. The number of likely N-dealkylation sites (tertiary alicyclic amines) is 1. The minimum atomic E-state index is 0.264. The van der Waals surface area contributed by atoms with E-state index in [0.29, 0.717) is 18.5 Å². The maximum Gasteiger partial charge on any atom is 0.0866 e. The number of piperidine rings is 1. The van der Waals surface area contributed by atoms with E-state index >= 15 is 0 Å². The van der Waals surface area contributed by atoms with E-state index in [1.54, 1.807) is 0 Å². The van der Waals surface area contributed by atoms with E-state index in [1.807, 2.05) is 0 Å². The van der Waals surface area contributed by atoms with Crippen molar-refractivity contribution in [2.75, 3.05) is 32.8 Å². The van der Waals surface area contributed by atoms with Crippen molar-refractivity contribution >= 4 is 0 Å². The van der Waals surface area contributed by atoms with Gasteiger partial charge in [-0.3, -0.25) is 4.90 Å². The van der Waals surface area contributed by atoms with Crippen LogP contribution in [0.15, 0.2) is 0 Å². The van der Waals surface area contributed by atoms with Crippen molar-refractivity contribution in [3.8, 4) is 6.07 Å². The molecule has 4 heteroatoms. The van der Waals surface area contributed by atoms with Gasteiger partial charge in [0.1, 0.15) is 0 Å². The SMILES string of the molecule is N#CCN1CC(CCO)CC(NCC2CCCCC2)C1. The number of aliphatic hydroxyl groups excluding tert-OH is 1. The number of aliphatic hydroxyl groups is 1. The minimum absolute atomic E-state index is 0.264. The summed E-state index contributed by atoms with van der Waals surface area (Å²) in [5.74, 6) is 1.39. The van der Waals surface area contributed by atoms with Crippen molar-refractivity contribution in [2.24, 2.45) is 11.8 Å². The standard InChI is InChI=1S/C16H29N3O/c17-7-8-19-12-15(6-9-20)10-16(13-19)18-11-14-4-2-1-3-5-14/h14-16,18,20H,1-6,8-13H2. The fraction of sp³-hybridized carbons (Fsp3) is 0.938. The first-order valence-corrected chi connectivity index (χ1v) is 8.25. The van der Waals surface area contributed by atoms with E-state index in [2.05, 4.69) is 16.3 Å². The zero-order chi connectivity index (χ0) is 14.2. The maximum absolute atomic E-state index is 9.15. The quantitative estimate of drug-likeness (QED) is 0.727. The summed E-state index contributed by atoms with van der Waals surface area (Å²) in [5.41, 5.74) is 0. The van der Waals surface area contributed by atoms with Crippen LogP contribution in [0.3, 0.4) is 0 Å². The molecule has 0 aromatic heterocycles. The van der Waals surface area contributed by atoms with Crippen molar-refractivity contribution in [3.63, 3.8) is 0 Å². The Morgan fingerprint density at radius 2 is 1.95 bits per heavy atom. The summed E-state index contributed by atoms with van der Waals surface area (Å²) in [6.07, 6.45) is 8.96. The summed E-state index contributed by atoms with van der Waals surface area (Å²) in [7, 11) is 0. The number of nitrogens with zero attached hydrogens (tertiary/aromatic N) is 2. The van der Waals surface area contributed by atoms with E-state index in [0.717, 1.165) is 38.4 Å². The van der Waals surface area contributed by atoms with Gasteiger partial charge in [-0.1, -0.05) is 19.3 Å². The molecule has 2 aliphatic rings. The van der Waals surface area contributed by atoms with Crippen molar-refractivity contribution in [1.29, 1.82) is 5.26 Å². The summed E-state index contributed by atoms with van der Waals surface area (Å²) in [5, 5.41) is 21.8. The van der Waals surface area contributed by atoms with E-state index in [1.165, 1.54) is 32.1 Å². The lowest BCUT2D eigenvalue weighted by Gasteiger charge is -2.37. The topological polar surface area (TPSA) is 59.3 Å². The second-order valence-corrected chi connectivity index (χ2v) is 6.58. The third kappa shape index (κ3) is 5.05. The van der Waals surface area contributed by atoms with Gasteiger partial charge in [-0.15, -0.1) is 0 Å². The average Bonchev–Trinajstić information content (AvgIpc) is 2.47. The molecule has 1 heterocycles. The molecule has 0 radical (unpaired) electrons. The molecule has 2 N–H and O–H groups in total. The van der Waals surface area contributed by atoms with Crippen LogP contribution in [-0.4, -0.2) is 48.8 Å². The molecule has 114 valence electrons. The predicted octanol–water partition coefficient (Wildman–Crippen LogP) is 1.75. The predicted molar refractivity (Wildman–Crippen MR) is 80.2 cm³/mol. The van der Waals surface area contributed by atoms with Crippen LogP contribution in [0.25, 0.3) is 0 Å². The molecule has 4 nitrogen and oxygen atoms in total. The van der Waals surface area contributed by atoms with Crippen molar-refractivity contribution in [1.82, 2.24) is 10.2 Å². The summed E-state index contributed by atoms with van der Waals surface area (Å²) in [6.45, 7) is 3.87. The molecule has 1 aliphatic heterocycles. The van der Waals surface area contributed by atoms with Crippen LogP contribution in [0, 0.1) is 23.2 Å². The van der Waals surface area contributed by atoms with E-state index in [9.17, 15) is 0 Å². The molecule has 2 fully saturated rings. The zero-order valence-electron chi connectivity index (χ0n) is 12.6. The third-order valence-corrected chi connectivity index (χ3v) is 4.86. The Kier molecular flexibility index (Phi) is 6.78. The highest BCUT2D eigenvalue weighted by atomic mass is 16.3. The molecule has 0 bridgehead atoms.